The summed E-state index contributed by atoms with van der Waals surface area (Å²) >= 11 is 3.04. The van der Waals surface area contributed by atoms with E-state index in [1.807, 2.05) is 18.2 Å². The highest BCUT2D eigenvalue weighted by Crippen LogP contribution is 2.38. The van der Waals surface area contributed by atoms with Gasteiger partial charge >= 0.3 is 12.1 Å². The summed E-state index contributed by atoms with van der Waals surface area (Å²) < 4.78 is 18.5. The zero-order valence-electron chi connectivity index (χ0n) is 19.2. The van der Waals surface area contributed by atoms with Crippen LogP contribution in [0, 0.1) is 6.92 Å². The van der Waals surface area contributed by atoms with Gasteiger partial charge in [-0.25, -0.2) is 9.59 Å². The van der Waals surface area contributed by atoms with Crippen molar-refractivity contribution in [1.82, 2.24) is 9.88 Å². The minimum atomic E-state index is -1.12. The van der Waals surface area contributed by atoms with Gasteiger partial charge in [0.2, 0.25) is 0 Å². The average Bonchev–Trinajstić information content (AvgIpc) is 3.54. The summed E-state index contributed by atoms with van der Waals surface area (Å²) in [5.74, 6) is 0.599. The predicted octanol–water partition coefficient (Wildman–Crippen LogP) is 5.46. The minimum Gasteiger partial charge on any atom is -0.456 e. The Morgan fingerprint density at radius 1 is 1.14 bits per heavy atom. The first kappa shape index (κ1) is 23.7. The predicted molar refractivity (Wildman–Crippen MR) is 137 cm³/mol. The van der Waals surface area contributed by atoms with Gasteiger partial charge in [0.1, 0.15) is 11.5 Å². The van der Waals surface area contributed by atoms with Crippen molar-refractivity contribution in [2.45, 2.75) is 26.4 Å². The van der Waals surface area contributed by atoms with Crippen molar-refractivity contribution < 1.29 is 23.8 Å². The van der Waals surface area contributed by atoms with Crippen LogP contribution in [-0.4, -0.2) is 48.2 Å². The van der Waals surface area contributed by atoms with Crippen molar-refractivity contribution in [1.29, 1.82) is 0 Å². The molecule has 0 aliphatic carbocycles. The fraction of sp³-hybridized carbons (Fsp3) is 0.320. The Morgan fingerprint density at radius 3 is 2.77 bits per heavy atom. The summed E-state index contributed by atoms with van der Waals surface area (Å²) in [5.41, 5.74) is 6.21. The number of ether oxygens (including phenoxy) is 3. The van der Waals surface area contributed by atoms with E-state index < -0.39 is 12.1 Å². The maximum Gasteiger partial charge on any atom is 0.412 e. The van der Waals surface area contributed by atoms with Crippen LogP contribution in [0.3, 0.4) is 0 Å². The molecule has 0 radical (unpaired) electrons. The number of aryl methyl sites for hydroxylation is 1. The number of esters is 1. The first-order valence-corrected chi connectivity index (χ1v) is 13.0. The van der Waals surface area contributed by atoms with Crippen molar-refractivity contribution in [3.05, 3.63) is 51.8 Å². The monoisotopic (exact) mass is 511 g/mol. The summed E-state index contributed by atoms with van der Waals surface area (Å²) in [7, 11) is 0. The van der Waals surface area contributed by atoms with E-state index in [1.165, 1.54) is 37.3 Å². The van der Waals surface area contributed by atoms with E-state index in [9.17, 15) is 9.59 Å². The molecule has 1 saturated heterocycles. The van der Waals surface area contributed by atoms with Gasteiger partial charge in [-0.3, -0.25) is 4.98 Å². The smallest absolute Gasteiger partial charge is 0.412 e. The van der Waals surface area contributed by atoms with Gasteiger partial charge in [0.05, 0.1) is 29.0 Å². The second-order valence-electron chi connectivity index (χ2n) is 8.34. The Morgan fingerprint density at radius 2 is 1.97 bits per heavy atom. The van der Waals surface area contributed by atoms with Crippen LogP contribution in [0.15, 0.2) is 36.5 Å². The molecule has 10 heteroatoms. The van der Waals surface area contributed by atoms with Gasteiger partial charge in [-0.1, -0.05) is 0 Å². The molecule has 35 heavy (non-hydrogen) atoms. The van der Waals surface area contributed by atoms with Crippen molar-refractivity contribution >= 4 is 55.0 Å². The number of hydrogen-bond donors (Lipinski definition) is 1. The zero-order valence-corrected chi connectivity index (χ0v) is 20.9. The highest BCUT2D eigenvalue weighted by Gasteiger charge is 2.20. The molecule has 0 spiro atoms. The van der Waals surface area contributed by atoms with E-state index in [-0.39, 0.29) is 0 Å². The van der Waals surface area contributed by atoms with Crippen molar-refractivity contribution in [2.24, 2.45) is 5.73 Å². The molecule has 0 atom stereocenters. The lowest BCUT2D eigenvalue weighted by Crippen LogP contribution is -2.23. The Kier molecular flexibility index (Phi) is 6.96. The minimum absolute atomic E-state index is 0.342. The van der Waals surface area contributed by atoms with Crippen LogP contribution in [0.4, 0.5) is 4.79 Å². The molecule has 3 aromatic heterocycles. The van der Waals surface area contributed by atoms with Crippen molar-refractivity contribution in [3.63, 3.8) is 0 Å². The second kappa shape index (κ2) is 10.3. The Bertz CT molecular complexity index is 1390. The van der Waals surface area contributed by atoms with Crippen LogP contribution in [0.5, 0.6) is 11.5 Å². The number of amides is 1. The summed E-state index contributed by atoms with van der Waals surface area (Å²) in [5, 5.41) is 0.690. The standard InChI is InChI=1S/C25H25N3O5S2/c1-15-22(24(29)33-25(26)30)18-5-4-16(12-21(18)34-15)32-20-6-7-27-19-13-17(35-23(19)20)14-31-11-10-28-8-2-3-9-28/h4-7,12-13H,2-3,8-11,14H2,1H3,(H2,26,30). The maximum atomic E-state index is 12.3. The van der Waals surface area contributed by atoms with Gasteiger partial charge in [0.25, 0.3) is 0 Å². The van der Waals surface area contributed by atoms with Crippen LogP contribution in [0.2, 0.25) is 0 Å². The van der Waals surface area contributed by atoms with E-state index in [0.29, 0.717) is 29.1 Å². The number of fused-ring (bicyclic) bond motifs is 2. The van der Waals surface area contributed by atoms with E-state index in [1.54, 1.807) is 36.6 Å². The molecule has 4 aromatic rings. The molecule has 1 amide bonds. The molecule has 0 bridgehead atoms. The number of aromatic nitrogens is 1. The van der Waals surface area contributed by atoms with Gasteiger partial charge in [-0.2, -0.15) is 0 Å². The second-order valence-corrected chi connectivity index (χ2v) is 10.7. The number of hydrogen-bond acceptors (Lipinski definition) is 9. The van der Waals surface area contributed by atoms with Crippen LogP contribution >= 0.6 is 22.7 Å². The van der Waals surface area contributed by atoms with Gasteiger partial charge in [-0.15, -0.1) is 22.7 Å². The van der Waals surface area contributed by atoms with E-state index in [4.69, 9.17) is 15.2 Å². The van der Waals surface area contributed by atoms with Crippen LogP contribution in [-0.2, 0) is 16.1 Å². The number of carbonyl (C=O) groups is 2. The molecule has 0 saturated carbocycles. The highest BCUT2D eigenvalue weighted by atomic mass is 32.1. The molecule has 8 nitrogen and oxygen atoms in total. The largest absolute Gasteiger partial charge is 0.456 e. The normalized spacial score (nSPS) is 14.1. The van der Waals surface area contributed by atoms with Gasteiger partial charge in [0, 0.05) is 38.6 Å². The van der Waals surface area contributed by atoms with E-state index >= 15 is 0 Å². The highest BCUT2D eigenvalue weighted by molar-refractivity contribution is 7.19. The number of likely N-dealkylation sites (tertiary alicyclic amines) is 1. The van der Waals surface area contributed by atoms with Crippen molar-refractivity contribution in [3.8, 4) is 11.5 Å². The Balaban J connectivity index is 1.31. The number of carbonyl (C=O) groups excluding carboxylic acids is 2. The van der Waals surface area contributed by atoms with Gasteiger partial charge < -0.3 is 24.8 Å². The fourth-order valence-corrected chi connectivity index (χ4v) is 6.36. The molecule has 2 N–H and O–H groups in total. The number of rotatable bonds is 8. The lowest BCUT2D eigenvalue weighted by atomic mass is 10.1. The molecule has 5 rings (SSSR count). The van der Waals surface area contributed by atoms with Gasteiger partial charge in [-0.05, 0) is 57.1 Å². The van der Waals surface area contributed by atoms with Crippen LogP contribution in [0.1, 0.15) is 33.0 Å². The SMILES string of the molecule is Cc1sc2cc(Oc3ccnc4cc(COCCN5CCCC5)sc34)ccc2c1C(=O)OC(N)=O. The molecule has 4 heterocycles. The quantitative estimate of drug-likeness (QED) is 0.190. The third-order valence-electron chi connectivity index (χ3n) is 5.88. The summed E-state index contributed by atoms with van der Waals surface area (Å²) in [6.45, 7) is 6.40. The fourth-order valence-electron chi connectivity index (χ4n) is 4.27. The number of nitrogens with two attached hydrogens (primary N) is 1. The summed E-state index contributed by atoms with van der Waals surface area (Å²) in [6.07, 6.45) is 3.18. The first-order valence-electron chi connectivity index (χ1n) is 11.4. The molecule has 182 valence electrons. The zero-order chi connectivity index (χ0) is 24.4. The maximum absolute atomic E-state index is 12.3. The molecule has 1 fully saturated rings. The van der Waals surface area contributed by atoms with Crippen molar-refractivity contribution in [2.75, 3.05) is 26.2 Å². The topological polar surface area (TPSA) is 104 Å². The first-order chi connectivity index (χ1) is 17.0. The number of nitrogens with zero attached hydrogens (tertiary/aromatic N) is 2. The number of primary amides is 1. The summed E-state index contributed by atoms with van der Waals surface area (Å²) in [4.78, 5) is 32.0. The summed E-state index contributed by atoms with van der Waals surface area (Å²) in [6, 6.07) is 9.34. The van der Waals surface area contributed by atoms with Crippen LogP contribution in [0.25, 0.3) is 20.3 Å². The lowest BCUT2D eigenvalue weighted by molar-refractivity contribution is 0.0640. The molecule has 1 aliphatic heterocycles. The van der Waals surface area contributed by atoms with Gasteiger partial charge in [0.15, 0.2) is 0 Å². The number of thiophene rings is 2. The Hall–Kier alpha value is -3.05. The van der Waals surface area contributed by atoms with E-state index in [2.05, 4.69) is 14.6 Å². The molecule has 1 aliphatic rings. The molecular weight excluding hydrogens is 486 g/mol. The third-order valence-corrected chi connectivity index (χ3v) is 8.06. The van der Waals surface area contributed by atoms with Crippen LogP contribution < -0.4 is 10.5 Å². The molecular formula is C25H25N3O5S2. The Labute approximate surface area is 210 Å². The number of benzene rings is 1. The lowest BCUT2D eigenvalue weighted by Gasteiger charge is -2.13. The molecule has 1 aromatic carbocycles. The van der Waals surface area contributed by atoms with E-state index in [0.717, 1.165) is 37.8 Å². The average molecular weight is 512 g/mol. The molecule has 0 unspecified atom stereocenters. The number of pyridine rings is 1. The third kappa shape index (κ3) is 5.30.